The van der Waals surface area contributed by atoms with Gasteiger partial charge < -0.3 is 10.1 Å². The van der Waals surface area contributed by atoms with E-state index in [1.165, 1.54) is 17.0 Å². The SMILES string of the molecule is C=C1c2ccccc2C(=O)N1CC(=O)OC(C(=O)Nc1ccc([N+](=O)[O-])cc1Cl)c1ccccc1. The Kier molecular flexibility index (Phi) is 6.61. The van der Waals surface area contributed by atoms with Crippen LogP contribution in [-0.4, -0.2) is 34.2 Å². The number of nitro benzene ring substituents is 1. The van der Waals surface area contributed by atoms with Crippen molar-refractivity contribution in [3.8, 4) is 0 Å². The van der Waals surface area contributed by atoms with Crippen LogP contribution in [0.1, 0.15) is 27.6 Å². The van der Waals surface area contributed by atoms with Gasteiger partial charge in [-0.2, -0.15) is 0 Å². The van der Waals surface area contributed by atoms with Crippen molar-refractivity contribution in [3.63, 3.8) is 0 Å². The van der Waals surface area contributed by atoms with E-state index in [-0.39, 0.29) is 22.3 Å². The molecule has 1 N–H and O–H groups in total. The third-order valence-electron chi connectivity index (χ3n) is 5.34. The van der Waals surface area contributed by atoms with Crippen LogP contribution in [0, 0.1) is 10.1 Å². The molecule has 0 saturated heterocycles. The molecule has 0 bridgehead atoms. The maximum atomic E-state index is 13.1. The van der Waals surface area contributed by atoms with Crippen molar-refractivity contribution in [2.24, 2.45) is 0 Å². The van der Waals surface area contributed by atoms with Crippen molar-refractivity contribution < 1.29 is 24.0 Å². The normalized spacial score (nSPS) is 13.2. The molecule has 1 aliphatic rings. The molecule has 4 rings (SSSR count). The fourth-order valence-corrected chi connectivity index (χ4v) is 3.84. The predicted molar refractivity (Wildman–Crippen MR) is 129 cm³/mol. The Balaban J connectivity index is 1.52. The molecule has 1 unspecified atom stereocenters. The first kappa shape index (κ1) is 23.7. The summed E-state index contributed by atoms with van der Waals surface area (Å²) in [5, 5.41) is 13.4. The van der Waals surface area contributed by atoms with Gasteiger partial charge in [0.15, 0.2) is 0 Å². The monoisotopic (exact) mass is 491 g/mol. The number of nitrogens with zero attached hydrogens (tertiary/aromatic N) is 2. The topological polar surface area (TPSA) is 119 Å². The first-order chi connectivity index (χ1) is 16.8. The van der Waals surface area contributed by atoms with Gasteiger partial charge in [0.1, 0.15) is 6.54 Å². The Morgan fingerprint density at radius 2 is 1.71 bits per heavy atom. The number of hydrogen-bond acceptors (Lipinski definition) is 6. The summed E-state index contributed by atoms with van der Waals surface area (Å²) in [7, 11) is 0. The Hall–Kier alpha value is -4.50. The van der Waals surface area contributed by atoms with Crippen molar-refractivity contribution >= 4 is 46.5 Å². The van der Waals surface area contributed by atoms with Gasteiger partial charge in [0.05, 0.1) is 15.6 Å². The molecule has 35 heavy (non-hydrogen) atoms. The molecule has 0 spiro atoms. The van der Waals surface area contributed by atoms with Crippen molar-refractivity contribution in [1.29, 1.82) is 0 Å². The van der Waals surface area contributed by atoms with Crippen LogP contribution < -0.4 is 5.32 Å². The van der Waals surface area contributed by atoms with Crippen LogP contribution in [0.4, 0.5) is 11.4 Å². The molecular formula is C25H18ClN3O6. The smallest absolute Gasteiger partial charge is 0.327 e. The van der Waals surface area contributed by atoms with Crippen LogP contribution in [0.5, 0.6) is 0 Å². The highest BCUT2D eigenvalue weighted by atomic mass is 35.5. The molecule has 9 nitrogen and oxygen atoms in total. The van der Waals surface area contributed by atoms with E-state index in [9.17, 15) is 24.5 Å². The number of nitro groups is 1. The highest BCUT2D eigenvalue weighted by Gasteiger charge is 2.34. The third-order valence-corrected chi connectivity index (χ3v) is 5.65. The molecule has 0 radical (unpaired) electrons. The minimum atomic E-state index is -1.37. The Morgan fingerprint density at radius 1 is 1.06 bits per heavy atom. The number of benzene rings is 3. The summed E-state index contributed by atoms with van der Waals surface area (Å²) in [4.78, 5) is 50.1. The van der Waals surface area contributed by atoms with E-state index >= 15 is 0 Å². The fourth-order valence-electron chi connectivity index (χ4n) is 3.62. The number of ether oxygens (including phenoxy) is 1. The molecule has 1 atom stereocenters. The Bertz CT molecular complexity index is 1320. The van der Waals surface area contributed by atoms with Crippen LogP contribution in [0.15, 0.2) is 79.4 Å². The number of esters is 1. The van der Waals surface area contributed by atoms with E-state index in [0.717, 1.165) is 6.07 Å². The van der Waals surface area contributed by atoms with Gasteiger partial charge in [0.25, 0.3) is 17.5 Å². The van der Waals surface area contributed by atoms with Crippen LogP contribution >= 0.6 is 11.6 Å². The lowest BCUT2D eigenvalue weighted by Gasteiger charge is -2.21. The molecule has 2 amide bonds. The van der Waals surface area contributed by atoms with Gasteiger partial charge in [-0.05, 0) is 12.1 Å². The highest BCUT2D eigenvalue weighted by molar-refractivity contribution is 6.34. The predicted octanol–water partition coefficient (Wildman–Crippen LogP) is 4.60. The van der Waals surface area contributed by atoms with Gasteiger partial charge >= 0.3 is 5.97 Å². The van der Waals surface area contributed by atoms with Gasteiger partial charge in [0, 0.05) is 34.5 Å². The molecule has 0 fully saturated rings. The second-order valence-corrected chi connectivity index (χ2v) is 7.98. The average Bonchev–Trinajstić information content (AvgIpc) is 3.09. The number of carbonyl (C=O) groups is 3. The number of rotatable bonds is 7. The summed E-state index contributed by atoms with van der Waals surface area (Å²) in [6.07, 6.45) is -1.37. The number of carbonyl (C=O) groups excluding carboxylic acids is 3. The number of halogens is 1. The van der Waals surface area contributed by atoms with E-state index in [1.54, 1.807) is 54.6 Å². The van der Waals surface area contributed by atoms with Crippen LogP contribution in [0.3, 0.4) is 0 Å². The maximum absolute atomic E-state index is 13.1. The molecule has 0 aliphatic carbocycles. The quantitative estimate of drug-likeness (QED) is 0.293. The number of hydrogen-bond donors (Lipinski definition) is 1. The van der Waals surface area contributed by atoms with Crippen LogP contribution in [0.25, 0.3) is 5.70 Å². The van der Waals surface area contributed by atoms with E-state index in [1.807, 2.05) is 0 Å². The number of nitrogens with one attached hydrogen (secondary N) is 1. The van der Waals surface area contributed by atoms with E-state index in [4.69, 9.17) is 16.3 Å². The summed E-state index contributed by atoms with van der Waals surface area (Å²) in [5.41, 5.74) is 1.66. The fraction of sp³-hybridized carbons (Fsp3) is 0.0800. The van der Waals surface area contributed by atoms with Gasteiger partial charge in [-0.3, -0.25) is 29.4 Å². The number of fused-ring (bicyclic) bond motifs is 1. The Morgan fingerprint density at radius 3 is 2.34 bits per heavy atom. The zero-order valence-corrected chi connectivity index (χ0v) is 18.9. The highest BCUT2D eigenvalue weighted by Crippen LogP contribution is 2.32. The van der Waals surface area contributed by atoms with Gasteiger partial charge in [-0.15, -0.1) is 0 Å². The molecule has 176 valence electrons. The van der Waals surface area contributed by atoms with E-state index in [0.29, 0.717) is 22.4 Å². The molecule has 0 saturated carbocycles. The largest absolute Gasteiger partial charge is 0.446 e. The van der Waals surface area contributed by atoms with Crippen molar-refractivity contribution in [2.45, 2.75) is 6.10 Å². The van der Waals surface area contributed by atoms with Gasteiger partial charge in [-0.25, -0.2) is 0 Å². The number of amides is 2. The first-order valence-electron chi connectivity index (χ1n) is 10.4. The van der Waals surface area contributed by atoms with Gasteiger partial charge in [0.2, 0.25) is 6.10 Å². The molecule has 0 aromatic heterocycles. The molecule has 1 heterocycles. The zero-order chi connectivity index (χ0) is 25.1. The number of non-ortho nitro benzene ring substituents is 1. The van der Waals surface area contributed by atoms with Crippen molar-refractivity contribution in [1.82, 2.24) is 4.90 Å². The summed E-state index contributed by atoms with van der Waals surface area (Å²) < 4.78 is 5.49. The standard InChI is InChI=1S/C25H18ClN3O6/c1-15-18-9-5-6-10-19(18)25(32)28(15)14-22(30)35-23(16-7-3-2-4-8-16)24(31)27-21-12-11-17(29(33)34)13-20(21)26/h2-13,23H,1,14H2,(H,27,31). The molecular weight excluding hydrogens is 474 g/mol. The molecule has 3 aromatic carbocycles. The van der Waals surface area contributed by atoms with Crippen LogP contribution in [-0.2, 0) is 14.3 Å². The van der Waals surface area contributed by atoms with E-state index < -0.39 is 29.4 Å². The van der Waals surface area contributed by atoms with Crippen molar-refractivity contribution in [3.05, 3.63) is 111 Å². The lowest BCUT2D eigenvalue weighted by atomic mass is 10.1. The third kappa shape index (κ3) is 4.90. The second-order valence-electron chi connectivity index (χ2n) is 7.57. The van der Waals surface area contributed by atoms with Crippen LogP contribution in [0.2, 0.25) is 5.02 Å². The lowest BCUT2D eigenvalue weighted by Crippen LogP contribution is -2.33. The summed E-state index contributed by atoms with van der Waals surface area (Å²) >= 11 is 6.08. The lowest BCUT2D eigenvalue weighted by molar-refractivity contribution is -0.384. The van der Waals surface area contributed by atoms with Gasteiger partial charge in [-0.1, -0.05) is 66.7 Å². The van der Waals surface area contributed by atoms with E-state index in [2.05, 4.69) is 11.9 Å². The summed E-state index contributed by atoms with van der Waals surface area (Å²) in [6, 6.07) is 18.7. The zero-order valence-electron chi connectivity index (χ0n) is 18.1. The first-order valence-corrected chi connectivity index (χ1v) is 10.7. The minimum Gasteiger partial charge on any atom is -0.446 e. The summed E-state index contributed by atoms with van der Waals surface area (Å²) in [5.74, 6) is -1.94. The molecule has 10 heteroatoms. The average molecular weight is 492 g/mol. The second kappa shape index (κ2) is 9.78. The molecule has 1 aliphatic heterocycles. The molecule has 3 aromatic rings. The Labute approximate surface area is 204 Å². The minimum absolute atomic E-state index is 0.0533. The summed E-state index contributed by atoms with van der Waals surface area (Å²) in [6.45, 7) is 3.45. The van der Waals surface area contributed by atoms with Crippen molar-refractivity contribution in [2.75, 3.05) is 11.9 Å². The maximum Gasteiger partial charge on any atom is 0.327 e. The number of anilines is 1.